The second-order valence-corrected chi connectivity index (χ2v) is 8.32. The molecule has 0 saturated carbocycles. The Kier molecular flexibility index (Phi) is 4.91. The van der Waals surface area contributed by atoms with Gasteiger partial charge >= 0.3 is 0 Å². The molecule has 1 amide bonds. The number of hydrogen-bond acceptors (Lipinski definition) is 4. The molecule has 1 N–H and O–H groups in total. The number of carbonyl (C=O) groups excluding carboxylic acids is 1. The molecule has 1 aliphatic heterocycles. The van der Waals surface area contributed by atoms with Crippen LogP contribution in [0, 0.1) is 6.92 Å². The molecule has 2 aromatic carbocycles. The molecule has 2 aromatic rings. The van der Waals surface area contributed by atoms with Crippen LogP contribution in [0.15, 0.2) is 42.5 Å². The smallest absolute Gasteiger partial charge is 0.267 e. The average Bonchev–Trinajstić information content (AvgIpc) is 2.60. The van der Waals surface area contributed by atoms with Crippen LogP contribution in [0.3, 0.4) is 0 Å². The summed E-state index contributed by atoms with van der Waals surface area (Å²) in [4.78, 5) is 12.6. The molecule has 0 bridgehead atoms. The minimum atomic E-state index is -3.53. The number of rotatable bonds is 4. The van der Waals surface area contributed by atoms with Gasteiger partial charge in [-0.05, 0) is 48.7 Å². The highest BCUT2D eigenvalue weighted by Crippen LogP contribution is 2.35. The predicted molar refractivity (Wildman–Crippen MR) is 102 cm³/mol. The first-order valence-corrected chi connectivity index (χ1v) is 10.3. The number of fused-ring (bicyclic) bond motifs is 1. The first-order chi connectivity index (χ1) is 12.3. The molecular formula is C19H22N2O4S. The molecule has 0 spiro atoms. The van der Waals surface area contributed by atoms with E-state index < -0.39 is 16.1 Å². The van der Waals surface area contributed by atoms with Crippen molar-refractivity contribution in [3.05, 3.63) is 53.6 Å². The largest absolute Gasteiger partial charge is 0.476 e. The fourth-order valence-electron chi connectivity index (χ4n) is 2.86. The molecule has 0 fully saturated rings. The highest BCUT2D eigenvalue weighted by Gasteiger charge is 2.35. The molecule has 1 atom stereocenters. The molecule has 7 heteroatoms. The fourth-order valence-corrected chi connectivity index (χ4v) is 3.76. The lowest BCUT2D eigenvalue weighted by Gasteiger charge is -2.34. The Hall–Kier alpha value is -2.54. The van der Waals surface area contributed by atoms with Gasteiger partial charge in [0.25, 0.3) is 5.91 Å². The third-order valence-electron chi connectivity index (χ3n) is 4.31. The van der Waals surface area contributed by atoms with E-state index in [1.54, 1.807) is 12.1 Å². The zero-order valence-corrected chi connectivity index (χ0v) is 15.8. The molecule has 0 aromatic heterocycles. The van der Waals surface area contributed by atoms with Gasteiger partial charge in [0.05, 0.1) is 18.5 Å². The second kappa shape index (κ2) is 6.99. The Morgan fingerprint density at radius 3 is 2.54 bits per heavy atom. The summed E-state index contributed by atoms with van der Waals surface area (Å²) in [5.74, 6) is 0.00267. The van der Waals surface area contributed by atoms with E-state index in [4.69, 9.17) is 4.74 Å². The summed E-state index contributed by atoms with van der Waals surface area (Å²) in [6, 6.07) is 12.8. The topological polar surface area (TPSA) is 75.7 Å². The van der Waals surface area contributed by atoms with Gasteiger partial charge in [0.1, 0.15) is 5.75 Å². The summed E-state index contributed by atoms with van der Waals surface area (Å²) >= 11 is 0. The molecular weight excluding hydrogens is 352 g/mol. The Balaban J connectivity index is 1.84. The van der Waals surface area contributed by atoms with E-state index in [0.717, 1.165) is 18.2 Å². The van der Waals surface area contributed by atoms with Crippen molar-refractivity contribution in [3.63, 3.8) is 0 Å². The zero-order chi connectivity index (χ0) is 18.9. The molecule has 0 radical (unpaired) electrons. The Labute approximate surface area is 153 Å². The third kappa shape index (κ3) is 3.83. The van der Waals surface area contributed by atoms with Gasteiger partial charge in [-0.2, -0.15) is 0 Å². The predicted octanol–water partition coefficient (Wildman–Crippen LogP) is 2.72. The number of benzene rings is 2. The number of carbonyl (C=O) groups is 1. The van der Waals surface area contributed by atoms with E-state index in [-0.39, 0.29) is 12.5 Å². The number of sulfonamides is 1. The molecule has 6 nitrogen and oxygen atoms in total. The molecule has 3 rings (SSSR count). The van der Waals surface area contributed by atoms with E-state index in [1.807, 2.05) is 37.3 Å². The van der Waals surface area contributed by atoms with E-state index in [1.165, 1.54) is 9.87 Å². The SMILES string of the molecule is CCc1ccc(NC(=O)C2CN(S(C)(=O)=O)c3cc(C)ccc3O2)cc1. The summed E-state index contributed by atoms with van der Waals surface area (Å²) in [6.07, 6.45) is 1.12. The standard InChI is InChI=1S/C19H22N2O4S/c1-4-14-6-8-15(9-7-14)20-19(22)18-12-21(26(3,23)24)16-11-13(2)5-10-17(16)25-18/h5-11,18H,4,12H2,1-3H3,(H,20,22). The Bertz CT molecular complexity index is 923. The maximum absolute atomic E-state index is 12.6. The molecule has 1 unspecified atom stereocenters. The van der Waals surface area contributed by atoms with Crippen molar-refractivity contribution in [3.8, 4) is 5.75 Å². The van der Waals surface area contributed by atoms with Gasteiger partial charge in [0, 0.05) is 5.69 Å². The van der Waals surface area contributed by atoms with Crippen LogP contribution in [0.1, 0.15) is 18.1 Å². The van der Waals surface area contributed by atoms with E-state index in [0.29, 0.717) is 17.1 Å². The van der Waals surface area contributed by atoms with Crippen molar-refractivity contribution < 1.29 is 17.9 Å². The molecule has 0 aliphatic carbocycles. The molecule has 1 heterocycles. The normalized spacial score (nSPS) is 16.6. The first kappa shape index (κ1) is 18.3. The summed E-state index contributed by atoms with van der Waals surface area (Å²) in [6.45, 7) is 3.87. The number of hydrogen-bond donors (Lipinski definition) is 1. The number of anilines is 2. The van der Waals surface area contributed by atoms with Crippen LogP contribution >= 0.6 is 0 Å². The van der Waals surface area contributed by atoms with Gasteiger partial charge in [-0.25, -0.2) is 8.42 Å². The maximum Gasteiger partial charge on any atom is 0.267 e. The monoisotopic (exact) mass is 374 g/mol. The zero-order valence-electron chi connectivity index (χ0n) is 15.0. The number of amides is 1. The number of nitrogens with zero attached hydrogens (tertiary/aromatic N) is 1. The summed E-state index contributed by atoms with van der Waals surface area (Å²) in [5, 5.41) is 2.79. The van der Waals surface area contributed by atoms with E-state index in [2.05, 4.69) is 12.2 Å². The maximum atomic E-state index is 12.6. The average molecular weight is 374 g/mol. The quantitative estimate of drug-likeness (QED) is 0.893. The number of aryl methyl sites for hydroxylation is 2. The Morgan fingerprint density at radius 2 is 1.92 bits per heavy atom. The van der Waals surface area contributed by atoms with Crippen molar-refractivity contribution in [2.24, 2.45) is 0 Å². The lowest BCUT2D eigenvalue weighted by atomic mass is 10.1. The van der Waals surface area contributed by atoms with Crippen molar-refractivity contribution in [2.75, 3.05) is 22.4 Å². The van der Waals surface area contributed by atoms with E-state index >= 15 is 0 Å². The lowest BCUT2D eigenvalue weighted by Crippen LogP contribution is -2.48. The van der Waals surface area contributed by atoms with Crippen LogP contribution in [0.4, 0.5) is 11.4 Å². The Morgan fingerprint density at radius 1 is 1.23 bits per heavy atom. The van der Waals surface area contributed by atoms with Crippen molar-refractivity contribution in [2.45, 2.75) is 26.4 Å². The van der Waals surface area contributed by atoms with Crippen LogP contribution in [0.25, 0.3) is 0 Å². The number of nitrogens with one attached hydrogen (secondary N) is 1. The van der Waals surface area contributed by atoms with Gasteiger partial charge in [-0.3, -0.25) is 9.10 Å². The molecule has 26 heavy (non-hydrogen) atoms. The minimum Gasteiger partial charge on any atom is -0.476 e. The second-order valence-electron chi connectivity index (χ2n) is 6.41. The van der Waals surface area contributed by atoms with Gasteiger partial charge < -0.3 is 10.1 Å². The van der Waals surface area contributed by atoms with Crippen molar-refractivity contribution in [1.82, 2.24) is 0 Å². The van der Waals surface area contributed by atoms with Gasteiger partial charge in [-0.15, -0.1) is 0 Å². The number of ether oxygens (including phenoxy) is 1. The summed E-state index contributed by atoms with van der Waals surface area (Å²) in [5.41, 5.74) is 3.20. The lowest BCUT2D eigenvalue weighted by molar-refractivity contribution is -0.122. The van der Waals surface area contributed by atoms with Gasteiger partial charge in [0.2, 0.25) is 10.0 Å². The molecule has 138 valence electrons. The van der Waals surface area contributed by atoms with Gasteiger partial charge in [0.15, 0.2) is 6.10 Å². The fraction of sp³-hybridized carbons (Fsp3) is 0.316. The van der Waals surface area contributed by atoms with Crippen molar-refractivity contribution in [1.29, 1.82) is 0 Å². The van der Waals surface area contributed by atoms with Crippen LogP contribution in [-0.4, -0.2) is 33.2 Å². The van der Waals surface area contributed by atoms with Gasteiger partial charge in [-0.1, -0.05) is 25.1 Å². The van der Waals surface area contributed by atoms with Crippen LogP contribution < -0.4 is 14.4 Å². The third-order valence-corrected chi connectivity index (χ3v) is 5.45. The summed E-state index contributed by atoms with van der Waals surface area (Å²) in [7, 11) is -3.53. The highest BCUT2D eigenvalue weighted by atomic mass is 32.2. The summed E-state index contributed by atoms with van der Waals surface area (Å²) < 4.78 is 31.4. The first-order valence-electron chi connectivity index (χ1n) is 8.42. The highest BCUT2D eigenvalue weighted by molar-refractivity contribution is 7.92. The molecule has 1 aliphatic rings. The molecule has 0 saturated heterocycles. The van der Waals surface area contributed by atoms with Crippen LogP contribution in [-0.2, 0) is 21.2 Å². The van der Waals surface area contributed by atoms with E-state index in [9.17, 15) is 13.2 Å². The van der Waals surface area contributed by atoms with Crippen LogP contribution in [0.2, 0.25) is 0 Å². The van der Waals surface area contributed by atoms with Crippen molar-refractivity contribution >= 4 is 27.3 Å². The minimum absolute atomic E-state index is 0.0613. The van der Waals surface area contributed by atoms with Crippen LogP contribution in [0.5, 0.6) is 5.75 Å².